The summed E-state index contributed by atoms with van der Waals surface area (Å²) in [6.07, 6.45) is 0.454. The Hall–Kier alpha value is -1.51. The minimum absolute atomic E-state index is 0.305. The standard InChI is InChI=1S/C13H16IN3O3/c1-13(4-5-13)10(17-12(19)20)11(18)16-9-3-2-7(14)6-8(9)15/h2-3,6,10,17H,4-5,15H2,1H3,(H,16,18)(H,19,20). The van der Waals surface area contributed by atoms with Crippen molar-refractivity contribution < 1.29 is 14.7 Å². The van der Waals surface area contributed by atoms with Gasteiger partial charge in [-0.2, -0.15) is 0 Å². The van der Waals surface area contributed by atoms with E-state index in [9.17, 15) is 9.59 Å². The third kappa shape index (κ3) is 3.33. The molecule has 5 N–H and O–H groups in total. The van der Waals surface area contributed by atoms with Crippen LogP contribution in [0.4, 0.5) is 16.2 Å². The van der Waals surface area contributed by atoms with Gasteiger partial charge in [-0.3, -0.25) is 4.79 Å². The number of amides is 2. The van der Waals surface area contributed by atoms with Crippen LogP contribution in [0.3, 0.4) is 0 Å². The zero-order valence-electron chi connectivity index (χ0n) is 10.9. The van der Waals surface area contributed by atoms with E-state index < -0.39 is 12.1 Å². The summed E-state index contributed by atoms with van der Waals surface area (Å²) in [5, 5.41) is 13.9. The van der Waals surface area contributed by atoms with Crippen molar-refractivity contribution in [3.63, 3.8) is 0 Å². The van der Waals surface area contributed by atoms with Gasteiger partial charge < -0.3 is 21.5 Å². The number of benzene rings is 1. The summed E-state index contributed by atoms with van der Waals surface area (Å²) in [7, 11) is 0. The number of nitrogens with one attached hydrogen (secondary N) is 2. The van der Waals surface area contributed by atoms with Crippen LogP contribution in [0.1, 0.15) is 19.8 Å². The molecule has 0 aromatic heterocycles. The number of halogens is 1. The average molecular weight is 389 g/mol. The van der Waals surface area contributed by atoms with E-state index in [1.165, 1.54) is 0 Å². The van der Waals surface area contributed by atoms with Crippen LogP contribution in [0.25, 0.3) is 0 Å². The van der Waals surface area contributed by atoms with Gasteiger partial charge in [0.15, 0.2) is 0 Å². The molecule has 1 aromatic rings. The van der Waals surface area contributed by atoms with Crippen LogP contribution in [-0.4, -0.2) is 23.1 Å². The highest BCUT2D eigenvalue weighted by atomic mass is 127. The molecular formula is C13H16IN3O3. The maximum atomic E-state index is 12.3. The first-order valence-corrected chi connectivity index (χ1v) is 7.25. The molecule has 0 aliphatic heterocycles. The monoisotopic (exact) mass is 389 g/mol. The molecule has 0 radical (unpaired) electrons. The van der Waals surface area contributed by atoms with Crippen LogP contribution in [-0.2, 0) is 4.79 Å². The Bertz CT molecular complexity index is 558. The highest BCUT2D eigenvalue weighted by Gasteiger charge is 2.49. The number of anilines is 2. The van der Waals surface area contributed by atoms with Gasteiger partial charge in [-0.05, 0) is 59.0 Å². The van der Waals surface area contributed by atoms with Gasteiger partial charge >= 0.3 is 6.09 Å². The van der Waals surface area contributed by atoms with E-state index in [1.54, 1.807) is 12.1 Å². The maximum Gasteiger partial charge on any atom is 0.405 e. The lowest BCUT2D eigenvalue weighted by molar-refractivity contribution is -0.119. The molecule has 1 aromatic carbocycles. The number of carbonyl (C=O) groups excluding carboxylic acids is 1. The zero-order chi connectivity index (χ0) is 14.9. The topological polar surface area (TPSA) is 104 Å². The van der Waals surface area contributed by atoms with E-state index in [0.29, 0.717) is 11.4 Å². The number of carboxylic acid groups (broad SMARTS) is 1. The summed E-state index contributed by atoms with van der Waals surface area (Å²) >= 11 is 2.13. The molecule has 2 amide bonds. The van der Waals surface area contributed by atoms with E-state index in [1.807, 2.05) is 13.0 Å². The first-order valence-electron chi connectivity index (χ1n) is 6.17. The molecule has 0 saturated heterocycles. The Morgan fingerprint density at radius 2 is 2.10 bits per heavy atom. The van der Waals surface area contributed by atoms with Gasteiger partial charge in [0, 0.05) is 3.57 Å². The molecule has 1 saturated carbocycles. The zero-order valence-corrected chi connectivity index (χ0v) is 13.1. The highest BCUT2D eigenvalue weighted by molar-refractivity contribution is 14.1. The lowest BCUT2D eigenvalue weighted by Gasteiger charge is -2.23. The normalized spacial score (nSPS) is 17.1. The van der Waals surface area contributed by atoms with Crippen LogP contribution in [0.5, 0.6) is 0 Å². The molecule has 108 valence electrons. The third-order valence-corrected chi connectivity index (χ3v) is 4.21. The summed E-state index contributed by atoms with van der Waals surface area (Å²) < 4.78 is 0.965. The molecule has 1 atom stereocenters. The number of hydrogen-bond acceptors (Lipinski definition) is 3. The number of carbonyl (C=O) groups is 2. The van der Waals surface area contributed by atoms with Gasteiger partial charge in [-0.1, -0.05) is 6.92 Å². The quantitative estimate of drug-likeness (QED) is 0.468. The molecule has 0 heterocycles. The summed E-state index contributed by atoms with van der Waals surface area (Å²) in [4.78, 5) is 23.1. The van der Waals surface area contributed by atoms with Crippen LogP contribution in [0, 0.1) is 8.99 Å². The molecule has 1 unspecified atom stereocenters. The fourth-order valence-corrected chi connectivity index (χ4v) is 2.53. The van der Waals surface area contributed by atoms with Gasteiger partial charge in [-0.15, -0.1) is 0 Å². The second-order valence-corrected chi connectivity index (χ2v) is 6.50. The summed E-state index contributed by atoms with van der Waals surface area (Å²) in [5.41, 5.74) is 6.49. The number of nitrogen functional groups attached to an aromatic ring is 1. The van der Waals surface area contributed by atoms with Crippen molar-refractivity contribution in [2.45, 2.75) is 25.8 Å². The molecular weight excluding hydrogens is 373 g/mol. The predicted molar refractivity (Wildman–Crippen MR) is 84.5 cm³/mol. The number of rotatable bonds is 4. The van der Waals surface area contributed by atoms with Gasteiger partial charge in [0.2, 0.25) is 5.91 Å². The first kappa shape index (κ1) is 14.9. The Kier molecular flexibility index (Phi) is 4.07. The first-order chi connectivity index (χ1) is 9.32. The van der Waals surface area contributed by atoms with E-state index >= 15 is 0 Å². The van der Waals surface area contributed by atoms with Gasteiger partial charge in [0.1, 0.15) is 6.04 Å². The molecule has 1 aliphatic carbocycles. The number of nitrogens with two attached hydrogens (primary N) is 1. The third-order valence-electron chi connectivity index (χ3n) is 3.54. The SMILES string of the molecule is CC1(C(NC(=O)O)C(=O)Nc2ccc(I)cc2N)CC1. The Morgan fingerprint density at radius 3 is 2.60 bits per heavy atom. The van der Waals surface area contributed by atoms with E-state index in [0.717, 1.165) is 16.4 Å². The molecule has 0 bridgehead atoms. The second kappa shape index (κ2) is 5.47. The lowest BCUT2D eigenvalue weighted by atomic mass is 9.98. The fourth-order valence-electron chi connectivity index (χ4n) is 2.02. The minimum atomic E-state index is -1.20. The Labute approximate surface area is 130 Å². The van der Waals surface area contributed by atoms with Crippen LogP contribution >= 0.6 is 22.6 Å². The fraction of sp³-hybridized carbons (Fsp3) is 0.385. The Morgan fingerprint density at radius 1 is 1.45 bits per heavy atom. The maximum absolute atomic E-state index is 12.3. The molecule has 7 heteroatoms. The van der Waals surface area contributed by atoms with Crippen molar-refractivity contribution in [1.82, 2.24) is 5.32 Å². The summed E-state index contributed by atoms with van der Waals surface area (Å²) in [5.74, 6) is -0.375. The van der Waals surface area contributed by atoms with E-state index in [4.69, 9.17) is 10.8 Å². The lowest BCUT2D eigenvalue weighted by Crippen LogP contribution is -2.48. The van der Waals surface area contributed by atoms with E-state index in [2.05, 4.69) is 33.2 Å². The van der Waals surface area contributed by atoms with Crippen molar-refractivity contribution in [1.29, 1.82) is 0 Å². The average Bonchev–Trinajstić information content (AvgIpc) is 3.08. The molecule has 6 nitrogen and oxygen atoms in total. The van der Waals surface area contributed by atoms with Crippen molar-refractivity contribution in [3.05, 3.63) is 21.8 Å². The minimum Gasteiger partial charge on any atom is -0.465 e. The molecule has 2 rings (SSSR count). The Balaban J connectivity index is 2.14. The number of hydrogen-bond donors (Lipinski definition) is 4. The highest BCUT2D eigenvalue weighted by Crippen LogP contribution is 2.48. The van der Waals surface area contributed by atoms with Crippen molar-refractivity contribution in [3.8, 4) is 0 Å². The van der Waals surface area contributed by atoms with Crippen LogP contribution in [0.15, 0.2) is 18.2 Å². The van der Waals surface area contributed by atoms with Crippen molar-refractivity contribution in [2.75, 3.05) is 11.1 Å². The predicted octanol–water partition coefficient (Wildman–Crippen LogP) is 2.25. The van der Waals surface area contributed by atoms with Crippen LogP contribution < -0.4 is 16.4 Å². The summed E-state index contributed by atoms with van der Waals surface area (Å²) in [6.45, 7) is 1.89. The molecule has 0 spiro atoms. The van der Waals surface area contributed by atoms with Gasteiger partial charge in [0.25, 0.3) is 0 Å². The van der Waals surface area contributed by atoms with Gasteiger partial charge in [0.05, 0.1) is 11.4 Å². The van der Waals surface area contributed by atoms with Crippen molar-refractivity contribution in [2.24, 2.45) is 5.41 Å². The van der Waals surface area contributed by atoms with Gasteiger partial charge in [-0.25, -0.2) is 4.79 Å². The van der Waals surface area contributed by atoms with Crippen molar-refractivity contribution >= 4 is 46.0 Å². The molecule has 1 fully saturated rings. The molecule has 20 heavy (non-hydrogen) atoms. The smallest absolute Gasteiger partial charge is 0.405 e. The summed E-state index contributed by atoms with van der Waals surface area (Å²) in [6, 6.07) is 4.51. The van der Waals surface area contributed by atoms with E-state index in [-0.39, 0.29) is 11.3 Å². The second-order valence-electron chi connectivity index (χ2n) is 5.26. The van der Waals surface area contributed by atoms with Crippen LogP contribution in [0.2, 0.25) is 0 Å². The largest absolute Gasteiger partial charge is 0.465 e. The molecule has 1 aliphatic rings.